The fraction of sp³-hybridized carbons (Fsp3) is 0.143. The molecule has 2 aromatic rings. The largest absolute Gasteiger partial charge is 0.378 e. The van der Waals surface area contributed by atoms with Crippen LogP contribution in [-0.4, -0.2) is 0 Å². The van der Waals surface area contributed by atoms with Crippen molar-refractivity contribution < 1.29 is 8.78 Å². The van der Waals surface area contributed by atoms with Gasteiger partial charge in [-0.2, -0.15) is 0 Å². The van der Waals surface area contributed by atoms with E-state index in [4.69, 9.17) is 0 Å². The fourth-order valence-electron chi connectivity index (χ4n) is 1.66. The Bertz CT molecular complexity index is 497. The summed E-state index contributed by atoms with van der Waals surface area (Å²) in [4.78, 5) is 0. The number of benzene rings is 2. The predicted octanol–water partition coefficient (Wildman–Crippen LogP) is 4.14. The molecule has 0 aliphatic carbocycles. The highest BCUT2D eigenvalue weighted by atomic mass is 19.2. The van der Waals surface area contributed by atoms with E-state index in [9.17, 15) is 8.78 Å². The molecule has 0 fully saturated rings. The molecule has 0 heterocycles. The first-order chi connectivity index (χ1) is 8.16. The third-order valence-electron chi connectivity index (χ3n) is 2.60. The van der Waals surface area contributed by atoms with Crippen LogP contribution in [0.5, 0.6) is 0 Å². The lowest BCUT2D eigenvalue weighted by Crippen LogP contribution is -2.06. The van der Waals surface area contributed by atoms with Crippen LogP contribution in [0.2, 0.25) is 0 Å². The molecule has 0 radical (unpaired) electrons. The molecular formula is C14H13F2N. The van der Waals surface area contributed by atoms with Crippen molar-refractivity contribution in [2.45, 2.75) is 13.0 Å². The van der Waals surface area contributed by atoms with E-state index in [-0.39, 0.29) is 6.04 Å². The van der Waals surface area contributed by atoms with E-state index in [0.717, 1.165) is 17.7 Å². The molecule has 1 atom stereocenters. The molecule has 0 spiro atoms. The van der Waals surface area contributed by atoms with Gasteiger partial charge in [-0.1, -0.05) is 30.3 Å². The van der Waals surface area contributed by atoms with Crippen molar-refractivity contribution in [3.05, 3.63) is 65.7 Å². The average molecular weight is 233 g/mol. The maximum atomic E-state index is 13.0. The number of rotatable bonds is 3. The van der Waals surface area contributed by atoms with Crippen LogP contribution < -0.4 is 5.32 Å². The van der Waals surface area contributed by atoms with Crippen LogP contribution in [0.25, 0.3) is 0 Å². The first-order valence-electron chi connectivity index (χ1n) is 5.43. The topological polar surface area (TPSA) is 12.0 Å². The normalized spacial score (nSPS) is 12.2. The van der Waals surface area contributed by atoms with Gasteiger partial charge in [0, 0.05) is 17.8 Å². The molecule has 3 heteroatoms. The molecule has 1 N–H and O–H groups in total. The van der Waals surface area contributed by atoms with Gasteiger partial charge in [-0.15, -0.1) is 0 Å². The van der Waals surface area contributed by atoms with Gasteiger partial charge in [-0.05, 0) is 24.6 Å². The average Bonchev–Trinajstić information content (AvgIpc) is 2.35. The number of halogens is 2. The molecule has 0 aliphatic heterocycles. The van der Waals surface area contributed by atoms with Crippen LogP contribution in [0.15, 0.2) is 48.5 Å². The number of hydrogen-bond acceptors (Lipinski definition) is 1. The molecule has 0 bridgehead atoms. The highest BCUT2D eigenvalue weighted by Crippen LogP contribution is 2.20. The zero-order chi connectivity index (χ0) is 12.3. The van der Waals surface area contributed by atoms with Gasteiger partial charge in [0.2, 0.25) is 0 Å². The first-order valence-corrected chi connectivity index (χ1v) is 5.43. The molecule has 1 nitrogen and oxygen atoms in total. The van der Waals surface area contributed by atoms with Crippen molar-refractivity contribution in [3.63, 3.8) is 0 Å². The van der Waals surface area contributed by atoms with Gasteiger partial charge in [0.05, 0.1) is 0 Å². The lowest BCUT2D eigenvalue weighted by molar-refractivity contribution is 0.509. The summed E-state index contributed by atoms with van der Waals surface area (Å²) >= 11 is 0. The molecule has 0 saturated carbocycles. The summed E-state index contributed by atoms with van der Waals surface area (Å²) in [6.07, 6.45) is 0. The van der Waals surface area contributed by atoms with E-state index < -0.39 is 11.6 Å². The molecule has 2 rings (SSSR count). The first kappa shape index (κ1) is 11.6. The third kappa shape index (κ3) is 2.81. The quantitative estimate of drug-likeness (QED) is 0.840. The molecule has 0 aliphatic rings. The Labute approximate surface area is 99.1 Å². The Hall–Kier alpha value is -1.90. The molecule has 2 aromatic carbocycles. The second kappa shape index (κ2) is 4.95. The standard InChI is InChI=1S/C14H13F2N/c1-10(11-5-3-2-4-6-11)17-12-7-8-13(15)14(16)9-12/h2-10,17H,1H3/t10-/m0/s1. The van der Waals surface area contributed by atoms with Gasteiger partial charge in [-0.25, -0.2) is 8.78 Å². The summed E-state index contributed by atoms with van der Waals surface area (Å²) in [5, 5.41) is 3.12. The van der Waals surface area contributed by atoms with Gasteiger partial charge in [0.15, 0.2) is 11.6 Å². The van der Waals surface area contributed by atoms with E-state index in [1.165, 1.54) is 6.07 Å². The summed E-state index contributed by atoms with van der Waals surface area (Å²) in [7, 11) is 0. The van der Waals surface area contributed by atoms with Crippen LogP contribution in [0, 0.1) is 11.6 Å². The lowest BCUT2D eigenvalue weighted by Gasteiger charge is -2.15. The minimum atomic E-state index is -0.838. The van der Waals surface area contributed by atoms with E-state index in [1.807, 2.05) is 37.3 Å². The molecule has 88 valence electrons. The maximum Gasteiger partial charge on any atom is 0.160 e. The highest BCUT2D eigenvalue weighted by Gasteiger charge is 2.06. The molecule has 0 aromatic heterocycles. The second-order valence-electron chi connectivity index (χ2n) is 3.91. The van der Waals surface area contributed by atoms with Gasteiger partial charge >= 0.3 is 0 Å². The maximum absolute atomic E-state index is 13.0. The smallest absolute Gasteiger partial charge is 0.160 e. The summed E-state index contributed by atoms with van der Waals surface area (Å²) in [6, 6.07) is 13.6. The van der Waals surface area contributed by atoms with Crippen molar-refractivity contribution in [3.8, 4) is 0 Å². The Morgan fingerprint density at radius 2 is 1.65 bits per heavy atom. The zero-order valence-corrected chi connectivity index (χ0v) is 9.45. The van der Waals surface area contributed by atoms with Crippen LogP contribution >= 0.6 is 0 Å². The highest BCUT2D eigenvalue weighted by molar-refractivity contribution is 5.45. The predicted molar refractivity (Wildman–Crippen MR) is 64.8 cm³/mol. The SMILES string of the molecule is C[C@H](Nc1ccc(F)c(F)c1)c1ccccc1. The fourth-order valence-corrected chi connectivity index (χ4v) is 1.66. The summed E-state index contributed by atoms with van der Waals surface area (Å²) in [6.45, 7) is 1.97. The molecule has 0 amide bonds. The molecule has 17 heavy (non-hydrogen) atoms. The second-order valence-corrected chi connectivity index (χ2v) is 3.91. The van der Waals surface area contributed by atoms with E-state index in [0.29, 0.717) is 5.69 Å². The zero-order valence-electron chi connectivity index (χ0n) is 9.45. The van der Waals surface area contributed by atoms with Crippen molar-refractivity contribution in [2.75, 3.05) is 5.32 Å². The molecular weight excluding hydrogens is 220 g/mol. The van der Waals surface area contributed by atoms with Crippen LogP contribution in [0.4, 0.5) is 14.5 Å². The third-order valence-corrected chi connectivity index (χ3v) is 2.60. The van der Waals surface area contributed by atoms with Crippen molar-refractivity contribution >= 4 is 5.69 Å². The number of anilines is 1. The van der Waals surface area contributed by atoms with Crippen LogP contribution in [0.3, 0.4) is 0 Å². The summed E-state index contributed by atoms with van der Waals surface area (Å²) in [5.74, 6) is -1.67. The Balaban J connectivity index is 2.13. The van der Waals surface area contributed by atoms with Crippen molar-refractivity contribution in [1.82, 2.24) is 0 Å². The monoisotopic (exact) mass is 233 g/mol. The van der Waals surface area contributed by atoms with Gasteiger partial charge in [0.1, 0.15) is 0 Å². The van der Waals surface area contributed by atoms with Crippen molar-refractivity contribution in [2.24, 2.45) is 0 Å². The summed E-state index contributed by atoms with van der Waals surface area (Å²) in [5.41, 5.74) is 1.66. The Kier molecular flexibility index (Phi) is 3.38. The molecule has 0 unspecified atom stereocenters. The van der Waals surface area contributed by atoms with E-state index in [2.05, 4.69) is 5.32 Å². The lowest BCUT2D eigenvalue weighted by atomic mass is 10.1. The Morgan fingerprint density at radius 3 is 2.29 bits per heavy atom. The van der Waals surface area contributed by atoms with Gasteiger partial charge in [0.25, 0.3) is 0 Å². The minimum Gasteiger partial charge on any atom is -0.378 e. The minimum absolute atomic E-state index is 0.0426. The van der Waals surface area contributed by atoms with E-state index in [1.54, 1.807) is 0 Å². The van der Waals surface area contributed by atoms with Crippen molar-refractivity contribution in [1.29, 1.82) is 0 Å². The number of hydrogen-bond donors (Lipinski definition) is 1. The van der Waals surface area contributed by atoms with Crippen LogP contribution in [0.1, 0.15) is 18.5 Å². The van der Waals surface area contributed by atoms with E-state index >= 15 is 0 Å². The Morgan fingerprint density at radius 1 is 0.941 bits per heavy atom. The van der Waals surface area contributed by atoms with Gasteiger partial charge in [-0.3, -0.25) is 0 Å². The molecule has 0 saturated heterocycles. The van der Waals surface area contributed by atoms with Crippen LogP contribution in [-0.2, 0) is 0 Å². The number of nitrogens with one attached hydrogen (secondary N) is 1. The van der Waals surface area contributed by atoms with Gasteiger partial charge < -0.3 is 5.32 Å². The summed E-state index contributed by atoms with van der Waals surface area (Å²) < 4.78 is 25.8.